The standard InChI is InChI=1S/C25H31FN6O/c1-13-14(2)28-19-11-21(33)16(10-18(19)27-13)17-9-15-7-8-32(23(15)30-29-17)20-12-24(3,4)31-25(5,6)22(20)26/h9-11,20,22,31,33H,7-8,12H2,1-6H3/t20-,22-/m0/s1. The fourth-order valence-corrected chi connectivity index (χ4v) is 5.49. The van der Waals surface area contributed by atoms with Gasteiger partial charge in [-0.25, -0.2) is 14.4 Å². The van der Waals surface area contributed by atoms with E-state index >= 15 is 4.39 Å². The molecular weight excluding hydrogens is 419 g/mol. The molecule has 1 saturated heterocycles. The normalized spacial score (nSPS) is 23.7. The Kier molecular flexibility index (Phi) is 4.87. The third kappa shape index (κ3) is 3.70. The van der Waals surface area contributed by atoms with Crippen LogP contribution in [0.4, 0.5) is 10.2 Å². The van der Waals surface area contributed by atoms with E-state index in [1.54, 1.807) is 6.07 Å². The van der Waals surface area contributed by atoms with Gasteiger partial charge in [-0.1, -0.05) is 0 Å². The molecule has 1 aromatic carbocycles. The van der Waals surface area contributed by atoms with Gasteiger partial charge in [-0.2, -0.15) is 0 Å². The number of hydrogen-bond donors (Lipinski definition) is 2. The number of nitrogens with one attached hydrogen (secondary N) is 1. The molecule has 0 radical (unpaired) electrons. The van der Waals surface area contributed by atoms with Crippen molar-refractivity contribution in [2.75, 3.05) is 11.4 Å². The van der Waals surface area contributed by atoms with Crippen LogP contribution in [-0.4, -0.2) is 55.1 Å². The van der Waals surface area contributed by atoms with Crippen molar-refractivity contribution in [1.29, 1.82) is 0 Å². The van der Waals surface area contributed by atoms with E-state index in [9.17, 15) is 5.11 Å². The number of alkyl halides is 1. The third-order valence-electron chi connectivity index (χ3n) is 7.02. The van der Waals surface area contributed by atoms with Crippen LogP contribution in [0.5, 0.6) is 5.75 Å². The highest BCUT2D eigenvalue weighted by molar-refractivity contribution is 5.85. The van der Waals surface area contributed by atoms with E-state index < -0.39 is 11.7 Å². The van der Waals surface area contributed by atoms with Crippen molar-refractivity contribution in [2.45, 2.75) is 77.7 Å². The molecule has 4 heterocycles. The Bertz CT molecular complexity index is 1260. The zero-order chi connectivity index (χ0) is 23.7. The second-order valence-corrected chi connectivity index (χ2v) is 10.7. The van der Waals surface area contributed by atoms with E-state index in [1.165, 1.54) is 0 Å². The van der Waals surface area contributed by atoms with Crippen LogP contribution in [0.1, 0.15) is 51.1 Å². The maximum absolute atomic E-state index is 15.5. The topological polar surface area (TPSA) is 87.1 Å². The number of piperidine rings is 1. The number of hydrogen-bond acceptors (Lipinski definition) is 7. The van der Waals surface area contributed by atoms with Gasteiger partial charge < -0.3 is 15.3 Å². The molecule has 174 valence electrons. The minimum atomic E-state index is -1.03. The number of aromatic nitrogens is 4. The molecule has 33 heavy (non-hydrogen) atoms. The van der Waals surface area contributed by atoms with E-state index in [4.69, 9.17) is 0 Å². The molecule has 1 fully saturated rings. The van der Waals surface area contributed by atoms with Crippen LogP contribution in [0.3, 0.4) is 0 Å². The zero-order valence-corrected chi connectivity index (χ0v) is 20.1. The second-order valence-electron chi connectivity index (χ2n) is 10.7. The Balaban J connectivity index is 1.51. The summed E-state index contributed by atoms with van der Waals surface area (Å²) in [6.45, 7) is 12.6. The number of halogens is 1. The lowest BCUT2D eigenvalue weighted by molar-refractivity contribution is 0.0555. The molecule has 2 atom stereocenters. The minimum absolute atomic E-state index is 0.0924. The fraction of sp³-hybridized carbons (Fsp3) is 0.520. The lowest BCUT2D eigenvalue weighted by Gasteiger charge is -2.51. The molecule has 7 nitrogen and oxygen atoms in total. The van der Waals surface area contributed by atoms with Crippen LogP contribution in [0, 0.1) is 13.8 Å². The first-order valence-corrected chi connectivity index (χ1v) is 11.5. The van der Waals surface area contributed by atoms with Crippen molar-refractivity contribution in [3.63, 3.8) is 0 Å². The summed E-state index contributed by atoms with van der Waals surface area (Å²) in [5.41, 5.74) is 4.40. The maximum Gasteiger partial charge on any atom is 0.154 e. The summed E-state index contributed by atoms with van der Waals surface area (Å²) < 4.78 is 15.5. The highest BCUT2D eigenvalue weighted by Gasteiger charge is 2.49. The van der Waals surface area contributed by atoms with Crippen LogP contribution in [0.25, 0.3) is 22.3 Å². The fourth-order valence-electron chi connectivity index (χ4n) is 5.49. The van der Waals surface area contributed by atoms with Crippen LogP contribution in [0.2, 0.25) is 0 Å². The number of fused-ring (bicyclic) bond motifs is 2. The number of nitrogens with zero attached hydrogens (tertiary/aromatic N) is 5. The Morgan fingerprint density at radius 3 is 2.39 bits per heavy atom. The summed E-state index contributed by atoms with van der Waals surface area (Å²) in [4.78, 5) is 11.2. The summed E-state index contributed by atoms with van der Waals surface area (Å²) in [6.07, 6.45) is 0.415. The molecule has 0 spiro atoms. The Labute approximate surface area is 193 Å². The van der Waals surface area contributed by atoms with Gasteiger partial charge in [0.15, 0.2) is 5.82 Å². The summed E-state index contributed by atoms with van der Waals surface area (Å²) >= 11 is 0. The van der Waals surface area contributed by atoms with Crippen LogP contribution in [-0.2, 0) is 6.42 Å². The molecule has 2 aliphatic rings. The molecule has 0 saturated carbocycles. The molecule has 0 aliphatic carbocycles. The first kappa shape index (κ1) is 21.9. The molecule has 2 N–H and O–H groups in total. The Hall–Kier alpha value is -2.87. The third-order valence-corrected chi connectivity index (χ3v) is 7.02. The smallest absolute Gasteiger partial charge is 0.154 e. The van der Waals surface area contributed by atoms with E-state index in [2.05, 4.69) is 44.2 Å². The van der Waals surface area contributed by atoms with Gasteiger partial charge in [-0.05, 0) is 66.5 Å². The number of phenolic OH excluding ortho intramolecular Hbond substituents is 1. The number of benzene rings is 1. The van der Waals surface area contributed by atoms with E-state index in [0.29, 0.717) is 35.3 Å². The summed E-state index contributed by atoms with van der Waals surface area (Å²) in [5.74, 6) is 0.835. The van der Waals surface area contributed by atoms with Crippen molar-refractivity contribution >= 4 is 16.9 Å². The van der Waals surface area contributed by atoms with Crippen LogP contribution in [0.15, 0.2) is 18.2 Å². The van der Waals surface area contributed by atoms with Crippen molar-refractivity contribution in [3.8, 4) is 17.0 Å². The van der Waals surface area contributed by atoms with Gasteiger partial charge in [0.1, 0.15) is 11.9 Å². The minimum Gasteiger partial charge on any atom is -0.507 e. The Morgan fingerprint density at radius 2 is 1.70 bits per heavy atom. The van der Waals surface area contributed by atoms with E-state index in [-0.39, 0.29) is 17.3 Å². The first-order chi connectivity index (χ1) is 15.4. The van der Waals surface area contributed by atoms with Crippen molar-refractivity contribution in [2.24, 2.45) is 0 Å². The molecule has 2 aromatic heterocycles. The molecular formula is C25H31FN6O. The number of anilines is 1. The van der Waals surface area contributed by atoms with Gasteiger partial charge >= 0.3 is 0 Å². The second kappa shape index (κ2) is 7.32. The molecule has 5 rings (SSSR count). The number of aryl methyl sites for hydroxylation is 2. The highest BCUT2D eigenvalue weighted by atomic mass is 19.1. The largest absolute Gasteiger partial charge is 0.507 e. The number of rotatable bonds is 2. The van der Waals surface area contributed by atoms with Crippen LogP contribution >= 0.6 is 0 Å². The molecule has 3 aromatic rings. The van der Waals surface area contributed by atoms with Gasteiger partial charge in [0.05, 0.1) is 34.2 Å². The lowest BCUT2D eigenvalue weighted by Crippen LogP contribution is -2.69. The number of phenols is 1. The predicted molar refractivity (Wildman–Crippen MR) is 127 cm³/mol. The molecule has 0 amide bonds. The number of aromatic hydroxyl groups is 1. The summed E-state index contributed by atoms with van der Waals surface area (Å²) in [6, 6.07) is 5.12. The molecule has 8 heteroatoms. The van der Waals surface area contributed by atoms with E-state index in [0.717, 1.165) is 29.2 Å². The average molecular weight is 451 g/mol. The van der Waals surface area contributed by atoms with Crippen molar-refractivity contribution in [1.82, 2.24) is 25.5 Å². The molecule has 2 aliphatic heterocycles. The summed E-state index contributed by atoms with van der Waals surface area (Å²) in [5, 5.41) is 23.1. The maximum atomic E-state index is 15.5. The monoisotopic (exact) mass is 450 g/mol. The Morgan fingerprint density at radius 1 is 1.03 bits per heavy atom. The van der Waals surface area contributed by atoms with Crippen molar-refractivity contribution < 1.29 is 9.50 Å². The SMILES string of the molecule is Cc1nc2cc(O)c(-c3cc4c(nn3)N([C@H]3CC(C)(C)NC(C)(C)[C@H]3F)CC4)cc2nc1C. The first-order valence-electron chi connectivity index (χ1n) is 11.5. The van der Waals surface area contributed by atoms with E-state index in [1.807, 2.05) is 39.8 Å². The quantitative estimate of drug-likeness (QED) is 0.610. The van der Waals surface area contributed by atoms with Gasteiger partial charge in [-0.15, -0.1) is 10.2 Å². The summed E-state index contributed by atoms with van der Waals surface area (Å²) in [7, 11) is 0. The average Bonchev–Trinajstić information content (AvgIpc) is 3.14. The van der Waals surface area contributed by atoms with Gasteiger partial charge in [-0.3, -0.25) is 0 Å². The predicted octanol–water partition coefficient (Wildman–Crippen LogP) is 4.03. The van der Waals surface area contributed by atoms with Crippen LogP contribution < -0.4 is 10.2 Å². The van der Waals surface area contributed by atoms with Crippen molar-refractivity contribution in [3.05, 3.63) is 35.2 Å². The zero-order valence-electron chi connectivity index (χ0n) is 20.1. The molecule has 0 unspecified atom stereocenters. The molecule has 0 bridgehead atoms. The van der Waals surface area contributed by atoms with Gasteiger partial charge in [0, 0.05) is 34.8 Å². The van der Waals surface area contributed by atoms with Gasteiger partial charge in [0.25, 0.3) is 0 Å². The lowest BCUT2D eigenvalue weighted by atomic mass is 9.77. The highest BCUT2D eigenvalue weighted by Crippen LogP contribution is 2.40. The van der Waals surface area contributed by atoms with Gasteiger partial charge in [0.2, 0.25) is 0 Å².